The van der Waals surface area contributed by atoms with E-state index in [1.807, 2.05) is 26.8 Å². The molecule has 100 valence electrons. The first kappa shape index (κ1) is 13.7. The maximum atomic E-state index is 6.10. The van der Waals surface area contributed by atoms with Crippen LogP contribution in [-0.4, -0.2) is 21.1 Å². The van der Waals surface area contributed by atoms with Crippen LogP contribution in [0.5, 0.6) is 5.75 Å². The Morgan fingerprint density at radius 2 is 2.05 bits per heavy atom. The molecule has 2 aromatic rings. The van der Waals surface area contributed by atoms with E-state index in [1.54, 1.807) is 12.4 Å². The molecule has 0 amide bonds. The van der Waals surface area contributed by atoms with Crippen LogP contribution in [0, 0.1) is 0 Å². The molecule has 4 nitrogen and oxygen atoms in total. The van der Waals surface area contributed by atoms with Gasteiger partial charge in [0.15, 0.2) is 0 Å². The summed E-state index contributed by atoms with van der Waals surface area (Å²) in [7, 11) is 0. The number of pyridine rings is 1. The highest BCUT2D eigenvalue weighted by molar-refractivity contribution is 6.30. The van der Waals surface area contributed by atoms with Crippen LogP contribution in [0.15, 0.2) is 24.8 Å². The van der Waals surface area contributed by atoms with Gasteiger partial charge in [-0.3, -0.25) is 4.98 Å². The zero-order valence-electron chi connectivity index (χ0n) is 11.2. The van der Waals surface area contributed by atoms with E-state index in [0.29, 0.717) is 5.15 Å². The first-order valence-corrected chi connectivity index (χ1v) is 6.61. The first-order chi connectivity index (χ1) is 9.11. The second-order valence-corrected chi connectivity index (χ2v) is 4.78. The van der Waals surface area contributed by atoms with Gasteiger partial charge < -0.3 is 4.74 Å². The van der Waals surface area contributed by atoms with Gasteiger partial charge >= 0.3 is 0 Å². The number of rotatable bonds is 4. The van der Waals surface area contributed by atoms with Crippen molar-refractivity contribution in [1.82, 2.24) is 15.0 Å². The number of ether oxygens (including phenoxy) is 1. The average Bonchev–Trinajstić information content (AvgIpc) is 2.38. The molecule has 0 radical (unpaired) electrons. The summed E-state index contributed by atoms with van der Waals surface area (Å²) < 4.78 is 5.64. The topological polar surface area (TPSA) is 47.9 Å². The van der Waals surface area contributed by atoms with Gasteiger partial charge in [-0.1, -0.05) is 18.5 Å². The Morgan fingerprint density at radius 3 is 2.74 bits per heavy atom. The van der Waals surface area contributed by atoms with E-state index in [9.17, 15) is 0 Å². The predicted molar refractivity (Wildman–Crippen MR) is 75.4 cm³/mol. The standard InChI is InChI=1S/C14H16ClN3O/c1-4-12-13(17-8-18-14(12)15)10-5-11(7-16-6-10)19-9(2)3/h5-9H,4H2,1-3H3. The van der Waals surface area contributed by atoms with Gasteiger partial charge in [0.1, 0.15) is 17.2 Å². The van der Waals surface area contributed by atoms with Crippen molar-refractivity contribution in [3.05, 3.63) is 35.5 Å². The highest BCUT2D eigenvalue weighted by Crippen LogP contribution is 2.27. The largest absolute Gasteiger partial charge is 0.489 e. The van der Waals surface area contributed by atoms with Gasteiger partial charge in [0.2, 0.25) is 0 Å². The summed E-state index contributed by atoms with van der Waals surface area (Å²) in [6.07, 6.45) is 5.79. The fourth-order valence-electron chi connectivity index (χ4n) is 1.84. The van der Waals surface area contributed by atoms with Crippen LogP contribution in [-0.2, 0) is 6.42 Å². The van der Waals surface area contributed by atoms with E-state index in [1.165, 1.54) is 6.33 Å². The summed E-state index contributed by atoms with van der Waals surface area (Å²) in [6, 6.07) is 1.92. The summed E-state index contributed by atoms with van der Waals surface area (Å²) in [6.45, 7) is 5.98. The molecule has 0 saturated heterocycles. The van der Waals surface area contributed by atoms with Crippen LogP contribution in [0.25, 0.3) is 11.3 Å². The fourth-order valence-corrected chi connectivity index (χ4v) is 2.10. The third kappa shape index (κ3) is 3.20. The van der Waals surface area contributed by atoms with Crippen LogP contribution in [0.2, 0.25) is 5.15 Å². The van der Waals surface area contributed by atoms with E-state index in [0.717, 1.165) is 29.0 Å². The summed E-state index contributed by atoms with van der Waals surface area (Å²) in [4.78, 5) is 12.5. The summed E-state index contributed by atoms with van der Waals surface area (Å²) >= 11 is 6.10. The molecule has 19 heavy (non-hydrogen) atoms. The van der Waals surface area contributed by atoms with Crippen LogP contribution in [0.1, 0.15) is 26.3 Å². The van der Waals surface area contributed by atoms with Crippen molar-refractivity contribution in [2.45, 2.75) is 33.3 Å². The lowest BCUT2D eigenvalue weighted by atomic mass is 10.1. The van der Waals surface area contributed by atoms with E-state index < -0.39 is 0 Å². The highest BCUT2D eigenvalue weighted by Gasteiger charge is 2.11. The van der Waals surface area contributed by atoms with E-state index >= 15 is 0 Å². The minimum atomic E-state index is 0.108. The zero-order chi connectivity index (χ0) is 13.8. The van der Waals surface area contributed by atoms with Crippen molar-refractivity contribution < 1.29 is 4.74 Å². The molecule has 0 aliphatic heterocycles. The molecule has 0 spiro atoms. The lowest BCUT2D eigenvalue weighted by Crippen LogP contribution is -2.06. The molecule has 0 aliphatic carbocycles. The predicted octanol–water partition coefficient (Wildman–Crippen LogP) is 3.54. The SMILES string of the molecule is CCc1c(Cl)ncnc1-c1cncc(OC(C)C)c1. The van der Waals surface area contributed by atoms with Gasteiger partial charge in [-0.15, -0.1) is 0 Å². The third-order valence-corrected chi connectivity index (χ3v) is 2.93. The van der Waals surface area contributed by atoms with Crippen molar-refractivity contribution in [2.75, 3.05) is 0 Å². The molecule has 0 fully saturated rings. The molecule has 5 heteroatoms. The van der Waals surface area contributed by atoms with Crippen molar-refractivity contribution >= 4 is 11.6 Å². The molecule has 0 bridgehead atoms. The molecule has 2 aromatic heterocycles. The van der Waals surface area contributed by atoms with Crippen molar-refractivity contribution in [3.8, 4) is 17.0 Å². The first-order valence-electron chi connectivity index (χ1n) is 6.23. The summed E-state index contributed by atoms with van der Waals surface area (Å²) in [5.74, 6) is 0.726. The van der Waals surface area contributed by atoms with Gasteiger partial charge in [0, 0.05) is 17.3 Å². The molecule has 0 saturated carbocycles. The van der Waals surface area contributed by atoms with Crippen LogP contribution < -0.4 is 4.74 Å². The van der Waals surface area contributed by atoms with Gasteiger partial charge in [0.05, 0.1) is 18.0 Å². The summed E-state index contributed by atoms with van der Waals surface area (Å²) in [5, 5.41) is 0.489. The second kappa shape index (κ2) is 5.97. The fraction of sp³-hybridized carbons (Fsp3) is 0.357. The lowest BCUT2D eigenvalue weighted by molar-refractivity contribution is 0.241. The number of hydrogen-bond acceptors (Lipinski definition) is 4. The minimum absolute atomic E-state index is 0.108. The highest BCUT2D eigenvalue weighted by atomic mass is 35.5. The third-order valence-electron chi connectivity index (χ3n) is 2.60. The number of nitrogens with zero attached hydrogens (tertiary/aromatic N) is 3. The van der Waals surface area contributed by atoms with Crippen molar-refractivity contribution in [1.29, 1.82) is 0 Å². The maximum absolute atomic E-state index is 6.10. The molecular formula is C14H16ClN3O. The molecule has 2 rings (SSSR count). The molecule has 0 aliphatic rings. The molecule has 0 N–H and O–H groups in total. The Labute approximate surface area is 117 Å². The van der Waals surface area contributed by atoms with E-state index in [2.05, 4.69) is 15.0 Å². The minimum Gasteiger partial charge on any atom is -0.489 e. The smallest absolute Gasteiger partial charge is 0.138 e. The quantitative estimate of drug-likeness (QED) is 0.802. The van der Waals surface area contributed by atoms with E-state index in [-0.39, 0.29) is 6.10 Å². The number of hydrogen-bond donors (Lipinski definition) is 0. The Kier molecular flexibility index (Phi) is 4.32. The number of halogens is 1. The van der Waals surface area contributed by atoms with Crippen molar-refractivity contribution in [2.24, 2.45) is 0 Å². The monoisotopic (exact) mass is 277 g/mol. The van der Waals surface area contributed by atoms with Crippen LogP contribution in [0.4, 0.5) is 0 Å². The van der Waals surface area contributed by atoms with Crippen LogP contribution in [0.3, 0.4) is 0 Å². The van der Waals surface area contributed by atoms with E-state index in [4.69, 9.17) is 16.3 Å². The zero-order valence-corrected chi connectivity index (χ0v) is 12.0. The number of aromatic nitrogens is 3. The van der Waals surface area contributed by atoms with Gasteiger partial charge in [-0.05, 0) is 26.3 Å². The normalized spacial score (nSPS) is 10.8. The Morgan fingerprint density at radius 1 is 1.26 bits per heavy atom. The lowest BCUT2D eigenvalue weighted by Gasteiger charge is -2.11. The van der Waals surface area contributed by atoms with Crippen LogP contribution >= 0.6 is 11.6 Å². The Balaban J connectivity index is 2.44. The average molecular weight is 278 g/mol. The molecule has 0 unspecified atom stereocenters. The maximum Gasteiger partial charge on any atom is 0.138 e. The molecule has 0 aromatic carbocycles. The van der Waals surface area contributed by atoms with Gasteiger partial charge in [0.25, 0.3) is 0 Å². The molecule has 2 heterocycles. The Hall–Kier alpha value is -1.68. The second-order valence-electron chi connectivity index (χ2n) is 4.42. The van der Waals surface area contributed by atoms with Gasteiger partial charge in [-0.2, -0.15) is 0 Å². The van der Waals surface area contributed by atoms with Gasteiger partial charge in [-0.25, -0.2) is 9.97 Å². The Bertz CT molecular complexity index is 572. The summed E-state index contributed by atoms with van der Waals surface area (Å²) in [5.41, 5.74) is 2.62. The molecular weight excluding hydrogens is 262 g/mol. The molecule has 0 atom stereocenters. The van der Waals surface area contributed by atoms with Crippen molar-refractivity contribution in [3.63, 3.8) is 0 Å².